The lowest BCUT2D eigenvalue weighted by Crippen LogP contribution is -2.35. The highest BCUT2D eigenvalue weighted by Gasteiger charge is 2.10. The minimum absolute atomic E-state index is 0.113. The Hall–Kier alpha value is -3.68. The second kappa shape index (κ2) is 9.01. The molecule has 0 radical (unpaired) electrons. The molecule has 0 aliphatic heterocycles. The van der Waals surface area contributed by atoms with Gasteiger partial charge in [-0.2, -0.15) is 0 Å². The van der Waals surface area contributed by atoms with E-state index in [4.69, 9.17) is 4.74 Å². The molecule has 3 aromatic rings. The molecule has 0 atom stereocenters. The summed E-state index contributed by atoms with van der Waals surface area (Å²) in [6.07, 6.45) is 0.424. The van der Waals surface area contributed by atoms with Gasteiger partial charge in [0.1, 0.15) is 0 Å². The Morgan fingerprint density at radius 1 is 1.10 bits per heavy atom. The highest BCUT2D eigenvalue weighted by Crippen LogP contribution is 2.12. The van der Waals surface area contributed by atoms with Crippen LogP contribution in [0.3, 0.4) is 0 Å². The van der Waals surface area contributed by atoms with Crippen molar-refractivity contribution in [1.82, 2.24) is 9.55 Å². The average Bonchev–Trinajstić information content (AvgIpc) is 2.71. The first-order valence-corrected chi connectivity index (χ1v) is 9.28. The van der Waals surface area contributed by atoms with E-state index >= 15 is 0 Å². The van der Waals surface area contributed by atoms with Crippen molar-refractivity contribution in [3.8, 4) is 0 Å². The lowest BCUT2D eigenvalue weighted by molar-refractivity contribution is -0.116. The van der Waals surface area contributed by atoms with E-state index < -0.39 is 11.7 Å². The molecule has 29 heavy (non-hydrogen) atoms. The number of H-pyrrole nitrogens is 1. The third-order valence-corrected chi connectivity index (χ3v) is 4.33. The largest absolute Gasteiger partial charge is 0.462 e. The van der Waals surface area contributed by atoms with Gasteiger partial charge in [-0.05, 0) is 43.7 Å². The quantitative estimate of drug-likeness (QED) is 0.597. The summed E-state index contributed by atoms with van der Waals surface area (Å²) >= 11 is 0. The Morgan fingerprint density at radius 3 is 2.69 bits per heavy atom. The predicted molar refractivity (Wildman–Crippen MR) is 109 cm³/mol. The lowest BCUT2D eigenvalue weighted by Gasteiger charge is -2.08. The smallest absolute Gasteiger partial charge is 0.338 e. The van der Waals surface area contributed by atoms with E-state index in [9.17, 15) is 19.2 Å². The molecule has 0 aliphatic carbocycles. The number of carbonyl (C=O) groups is 2. The summed E-state index contributed by atoms with van der Waals surface area (Å²) in [4.78, 5) is 51.2. The van der Waals surface area contributed by atoms with Gasteiger partial charge in [0, 0.05) is 18.7 Å². The summed E-state index contributed by atoms with van der Waals surface area (Å²) in [5, 5.41) is 3.13. The molecule has 8 heteroatoms. The monoisotopic (exact) mass is 395 g/mol. The van der Waals surface area contributed by atoms with Crippen LogP contribution in [0, 0.1) is 0 Å². The van der Waals surface area contributed by atoms with Gasteiger partial charge in [-0.15, -0.1) is 0 Å². The second-order valence-corrected chi connectivity index (χ2v) is 6.39. The van der Waals surface area contributed by atoms with Gasteiger partial charge >= 0.3 is 11.7 Å². The molecule has 0 aliphatic rings. The number of esters is 1. The van der Waals surface area contributed by atoms with E-state index in [0.717, 1.165) is 4.57 Å². The van der Waals surface area contributed by atoms with Gasteiger partial charge in [-0.25, -0.2) is 9.59 Å². The Labute approximate surface area is 166 Å². The van der Waals surface area contributed by atoms with Crippen molar-refractivity contribution < 1.29 is 14.3 Å². The topological polar surface area (TPSA) is 110 Å². The van der Waals surface area contributed by atoms with Crippen LogP contribution in [0.2, 0.25) is 0 Å². The summed E-state index contributed by atoms with van der Waals surface area (Å²) in [5.74, 6) is -0.741. The number of amides is 1. The van der Waals surface area contributed by atoms with Crippen molar-refractivity contribution in [2.75, 3.05) is 11.9 Å². The van der Waals surface area contributed by atoms with Crippen molar-refractivity contribution in [2.45, 2.75) is 26.3 Å². The number of aromatic amines is 1. The Balaban J connectivity index is 1.62. The van der Waals surface area contributed by atoms with E-state index in [1.807, 2.05) is 0 Å². The Morgan fingerprint density at radius 2 is 1.90 bits per heavy atom. The number of ether oxygens (including phenoxy) is 1. The van der Waals surface area contributed by atoms with E-state index in [0.29, 0.717) is 28.6 Å². The number of aromatic nitrogens is 2. The minimum Gasteiger partial charge on any atom is -0.462 e. The summed E-state index contributed by atoms with van der Waals surface area (Å²) in [7, 11) is 0. The molecule has 0 spiro atoms. The Bertz CT molecular complexity index is 1160. The molecular weight excluding hydrogens is 374 g/mol. The van der Waals surface area contributed by atoms with Gasteiger partial charge in [0.2, 0.25) is 5.91 Å². The first-order chi connectivity index (χ1) is 14.0. The van der Waals surface area contributed by atoms with Crippen LogP contribution in [0.25, 0.3) is 10.9 Å². The molecular formula is C21H21N3O5. The number of nitrogens with one attached hydrogen (secondary N) is 2. The lowest BCUT2D eigenvalue weighted by atomic mass is 10.2. The zero-order chi connectivity index (χ0) is 20.8. The maximum Gasteiger partial charge on any atom is 0.338 e. The molecule has 0 unspecified atom stereocenters. The second-order valence-electron chi connectivity index (χ2n) is 6.39. The third-order valence-electron chi connectivity index (χ3n) is 4.33. The maximum absolute atomic E-state index is 12.5. The van der Waals surface area contributed by atoms with Crippen LogP contribution in [0.5, 0.6) is 0 Å². The number of para-hydroxylation sites is 1. The van der Waals surface area contributed by atoms with Crippen molar-refractivity contribution in [2.24, 2.45) is 0 Å². The normalized spacial score (nSPS) is 10.7. The zero-order valence-electron chi connectivity index (χ0n) is 15.9. The van der Waals surface area contributed by atoms with Crippen LogP contribution in [0.1, 0.15) is 30.1 Å². The highest BCUT2D eigenvalue weighted by atomic mass is 16.5. The SMILES string of the molecule is CCOC(=O)c1cccc(NC(=O)CCCn2c(=O)[nH]c3ccccc3c2=O)c1. The average molecular weight is 395 g/mol. The van der Waals surface area contributed by atoms with Gasteiger partial charge < -0.3 is 15.0 Å². The summed E-state index contributed by atoms with van der Waals surface area (Å²) in [6.45, 7) is 2.10. The van der Waals surface area contributed by atoms with Crippen molar-refractivity contribution in [1.29, 1.82) is 0 Å². The fourth-order valence-corrected chi connectivity index (χ4v) is 2.96. The summed E-state index contributed by atoms with van der Waals surface area (Å²) < 4.78 is 6.03. The first-order valence-electron chi connectivity index (χ1n) is 9.28. The van der Waals surface area contributed by atoms with Gasteiger partial charge in [-0.1, -0.05) is 18.2 Å². The zero-order valence-corrected chi connectivity index (χ0v) is 15.9. The number of benzene rings is 2. The molecule has 1 aromatic heterocycles. The number of hydrogen-bond donors (Lipinski definition) is 2. The van der Waals surface area contributed by atoms with Crippen LogP contribution in [0.15, 0.2) is 58.1 Å². The molecule has 3 rings (SSSR count). The molecule has 0 bridgehead atoms. The standard InChI is InChI=1S/C21H21N3O5/c1-2-29-20(27)14-7-5-8-15(13-14)22-18(25)11-6-12-24-19(26)16-9-3-4-10-17(16)23-21(24)28/h3-5,7-10,13H,2,6,11-12H2,1H3,(H,22,25)(H,23,28). The summed E-state index contributed by atoms with van der Waals surface area (Å²) in [5.41, 5.74) is 0.418. The van der Waals surface area contributed by atoms with E-state index in [1.54, 1.807) is 49.4 Å². The number of hydrogen-bond acceptors (Lipinski definition) is 5. The number of nitrogens with zero attached hydrogens (tertiary/aromatic N) is 1. The fourth-order valence-electron chi connectivity index (χ4n) is 2.96. The predicted octanol–water partition coefficient (Wildman–Crippen LogP) is 2.29. The molecule has 2 N–H and O–H groups in total. The van der Waals surface area contributed by atoms with E-state index in [-0.39, 0.29) is 31.0 Å². The fraction of sp³-hybridized carbons (Fsp3) is 0.238. The number of carbonyl (C=O) groups excluding carboxylic acids is 2. The maximum atomic E-state index is 12.5. The molecule has 0 fully saturated rings. The van der Waals surface area contributed by atoms with Crippen molar-refractivity contribution >= 4 is 28.5 Å². The summed E-state index contributed by atoms with van der Waals surface area (Å²) in [6, 6.07) is 13.2. The van der Waals surface area contributed by atoms with Crippen molar-refractivity contribution in [3.63, 3.8) is 0 Å². The van der Waals surface area contributed by atoms with Gasteiger partial charge in [0.05, 0.1) is 23.1 Å². The van der Waals surface area contributed by atoms with Crippen molar-refractivity contribution in [3.05, 3.63) is 74.9 Å². The van der Waals surface area contributed by atoms with Crippen LogP contribution in [-0.4, -0.2) is 28.0 Å². The van der Waals surface area contributed by atoms with Crippen LogP contribution in [0.4, 0.5) is 5.69 Å². The van der Waals surface area contributed by atoms with Crippen LogP contribution < -0.4 is 16.6 Å². The number of anilines is 1. The highest BCUT2D eigenvalue weighted by molar-refractivity contribution is 5.94. The molecule has 0 saturated heterocycles. The van der Waals surface area contributed by atoms with Crippen LogP contribution in [-0.2, 0) is 16.1 Å². The minimum atomic E-state index is -0.503. The van der Waals surface area contributed by atoms with Gasteiger partial charge in [-0.3, -0.25) is 14.2 Å². The van der Waals surface area contributed by atoms with Gasteiger partial charge in [0.15, 0.2) is 0 Å². The molecule has 0 saturated carbocycles. The molecule has 1 heterocycles. The van der Waals surface area contributed by atoms with E-state index in [1.165, 1.54) is 6.07 Å². The van der Waals surface area contributed by atoms with Gasteiger partial charge in [0.25, 0.3) is 5.56 Å². The molecule has 1 amide bonds. The Kier molecular flexibility index (Phi) is 6.23. The van der Waals surface area contributed by atoms with E-state index in [2.05, 4.69) is 10.3 Å². The first kappa shape index (κ1) is 20.1. The molecule has 150 valence electrons. The third kappa shape index (κ3) is 4.78. The number of rotatable bonds is 7. The molecule has 2 aromatic carbocycles. The molecule has 8 nitrogen and oxygen atoms in total. The number of fused-ring (bicyclic) bond motifs is 1. The van der Waals surface area contributed by atoms with Crippen LogP contribution >= 0.6 is 0 Å².